The largest absolute Gasteiger partial charge is 0.320 e. The smallest absolute Gasteiger partial charge is 0.305 e. The van der Waals surface area contributed by atoms with Crippen LogP contribution in [-0.4, -0.2) is 14.1 Å². The van der Waals surface area contributed by atoms with E-state index in [0.29, 0.717) is 6.54 Å². The number of aromatic nitrogens is 3. The minimum atomic E-state index is -0.548. The van der Waals surface area contributed by atoms with Gasteiger partial charge in [0.1, 0.15) is 0 Å². The minimum Gasteiger partial charge on any atom is -0.305 e. The molecule has 2 heterocycles. The van der Waals surface area contributed by atoms with Gasteiger partial charge in [-0.3, -0.25) is 19.1 Å². The van der Waals surface area contributed by atoms with Crippen molar-refractivity contribution >= 4 is 0 Å². The Bertz CT molecular complexity index is 956. The Morgan fingerprint density at radius 1 is 0.957 bits per heavy atom. The molecule has 23 heavy (non-hydrogen) atoms. The molecule has 3 aromatic rings. The zero-order valence-corrected chi connectivity index (χ0v) is 13.1. The van der Waals surface area contributed by atoms with E-state index in [1.807, 2.05) is 44.2 Å². The second-order valence-corrected chi connectivity index (χ2v) is 5.55. The van der Waals surface area contributed by atoms with Crippen molar-refractivity contribution in [2.75, 3.05) is 0 Å². The maximum atomic E-state index is 12.4. The Kier molecular flexibility index (Phi) is 3.93. The maximum Gasteiger partial charge on any atom is 0.320 e. The molecule has 0 bridgehead atoms. The van der Waals surface area contributed by atoms with Gasteiger partial charge in [0.15, 0.2) is 0 Å². The zero-order valence-electron chi connectivity index (χ0n) is 13.1. The van der Waals surface area contributed by atoms with Crippen LogP contribution in [0, 0.1) is 13.8 Å². The fourth-order valence-corrected chi connectivity index (χ4v) is 2.58. The summed E-state index contributed by atoms with van der Waals surface area (Å²) in [7, 11) is 0. The molecule has 0 amide bonds. The molecule has 3 rings (SSSR count). The first-order valence-electron chi connectivity index (χ1n) is 7.35. The highest BCUT2D eigenvalue weighted by molar-refractivity contribution is 5.42. The van der Waals surface area contributed by atoms with E-state index in [-0.39, 0.29) is 0 Å². The summed E-state index contributed by atoms with van der Waals surface area (Å²) < 4.78 is 2.82. The Hall–Kier alpha value is -2.95. The molecule has 2 aromatic heterocycles. The van der Waals surface area contributed by atoms with Crippen LogP contribution in [0.2, 0.25) is 0 Å². The third-order valence-corrected chi connectivity index (χ3v) is 3.77. The lowest BCUT2D eigenvalue weighted by molar-refractivity contribution is 0.716. The second-order valence-electron chi connectivity index (χ2n) is 5.55. The van der Waals surface area contributed by atoms with E-state index in [0.717, 1.165) is 22.4 Å². The van der Waals surface area contributed by atoms with Gasteiger partial charge in [-0.15, -0.1) is 0 Å². The molecule has 0 aliphatic heterocycles. The summed E-state index contributed by atoms with van der Waals surface area (Å²) in [4.78, 5) is 28.7. The SMILES string of the molecule is Cc1ccc(-n2ccn(Cc3ccncc3)c(=O)c2=O)c(C)c1. The molecule has 0 atom stereocenters. The van der Waals surface area contributed by atoms with Crippen LogP contribution in [0.4, 0.5) is 0 Å². The van der Waals surface area contributed by atoms with Crippen molar-refractivity contribution in [1.82, 2.24) is 14.1 Å². The topological polar surface area (TPSA) is 56.9 Å². The molecule has 0 spiro atoms. The monoisotopic (exact) mass is 307 g/mol. The Balaban J connectivity index is 2.05. The van der Waals surface area contributed by atoms with Gasteiger partial charge in [-0.05, 0) is 43.2 Å². The molecule has 116 valence electrons. The third kappa shape index (κ3) is 2.99. The van der Waals surface area contributed by atoms with E-state index in [1.54, 1.807) is 24.8 Å². The van der Waals surface area contributed by atoms with Crippen molar-refractivity contribution in [2.45, 2.75) is 20.4 Å². The van der Waals surface area contributed by atoms with Crippen LogP contribution in [0.15, 0.2) is 64.7 Å². The van der Waals surface area contributed by atoms with Crippen LogP contribution in [0.25, 0.3) is 5.69 Å². The van der Waals surface area contributed by atoms with Crippen molar-refractivity contribution in [1.29, 1.82) is 0 Å². The van der Waals surface area contributed by atoms with E-state index >= 15 is 0 Å². The number of benzene rings is 1. The van der Waals surface area contributed by atoms with Crippen LogP contribution in [-0.2, 0) is 6.54 Å². The number of hydrogen-bond donors (Lipinski definition) is 0. The van der Waals surface area contributed by atoms with Crippen molar-refractivity contribution in [3.8, 4) is 5.69 Å². The van der Waals surface area contributed by atoms with Gasteiger partial charge in [-0.25, -0.2) is 0 Å². The molecule has 0 aliphatic carbocycles. The van der Waals surface area contributed by atoms with Gasteiger partial charge in [0.2, 0.25) is 0 Å². The molecule has 0 radical (unpaired) electrons. The van der Waals surface area contributed by atoms with Gasteiger partial charge < -0.3 is 4.57 Å². The molecule has 5 heteroatoms. The van der Waals surface area contributed by atoms with Gasteiger partial charge in [-0.2, -0.15) is 0 Å². The van der Waals surface area contributed by atoms with E-state index in [1.165, 1.54) is 9.13 Å². The molecular weight excluding hydrogens is 290 g/mol. The molecule has 0 saturated heterocycles. The summed E-state index contributed by atoms with van der Waals surface area (Å²) in [5, 5.41) is 0. The molecule has 0 unspecified atom stereocenters. The Morgan fingerprint density at radius 2 is 1.70 bits per heavy atom. The zero-order chi connectivity index (χ0) is 16.4. The molecule has 1 aromatic carbocycles. The lowest BCUT2D eigenvalue weighted by atomic mass is 10.1. The Morgan fingerprint density at radius 3 is 2.39 bits per heavy atom. The average Bonchev–Trinajstić information content (AvgIpc) is 2.54. The highest BCUT2D eigenvalue weighted by atomic mass is 16.2. The first-order chi connectivity index (χ1) is 11.1. The first kappa shape index (κ1) is 15.0. The molecular formula is C18H17N3O2. The summed E-state index contributed by atoms with van der Waals surface area (Å²) in [5.41, 5.74) is 2.64. The number of rotatable bonds is 3. The predicted molar refractivity (Wildman–Crippen MR) is 89.1 cm³/mol. The fraction of sp³-hybridized carbons (Fsp3) is 0.167. The maximum absolute atomic E-state index is 12.4. The number of pyridine rings is 1. The highest BCUT2D eigenvalue weighted by Gasteiger charge is 2.09. The normalized spacial score (nSPS) is 10.7. The molecule has 0 fully saturated rings. The summed E-state index contributed by atoms with van der Waals surface area (Å²) in [6, 6.07) is 9.42. The van der Waals surface area contributed by atoms with E-state index in [4.69, 9.17) is 0 Å². The quantitative estimate of drug-likeness (QED) is 0.696. The van der Waals surface area contributed by atoms with Gasteiger partial charge in [-0.1, -0.05) is 17.7 Å². The van der Waals surface area contributed by atoms with Crippen LogP contribution < -0.4 is 11.1 Å². The van der Waals surface area contributed by atoms with Gasteiger partial charge in [0.05, 0.1) is 12.2 Å². The Labute approximate surface area is 133 Å². The van der Waals surface area contributed by atoms with Crippen LogP contribution in [0.1, 0.15) is 16.7 Å². The standard InChI is InChI=1S/C18H17N3O2/c1-13-3-4-16(14(2)11-13)21-10-9-20(17(22)18(21)23)12-15-5-7-19-8-6-15/h3-11H,12H2,1-2H3. The van der Waals surface area contributed by atoms with Crippen molar-refractivity contribution in [3.05, 3.63) is 92.5 Å². The molecule has 0 aliphatic rings. The van der Waals surface area contributed by atoms with Gasteiger partial charge >= 0.3 is 11.1 Å². The minimum absolute atomic E-state index is 0.352. The summed E-state index contributed by atoms with van der Waals surface area (Å²) in [6.07, 6.45) is 6.61. The first-order valence-corrected chi connectivity index (χ1v) is 7.35. The van der Waals surface area contributed by atoms with Crippen LogP contribution in [0.5, 0.6) is 0 Å². The third-order valence-electron chi connectivity index (χ3n) is 3.77. The van der Waals surface area contributed by atoms with Crippen LogP contribution >= 0.6 is 0 Å². The second kappa shape index (κ2) is 6.04. The van der Waals surface area contributed by atoms with E-state index in [2.05, 4.69) is 4.98 Å². The van der Waals surface area contributed by atoms with Crippen molar-refractivity contribution < 1.29 is 0 Å². The fourth-order valence-electron chi connectivity index (χ4n) is 2.58. The number of nitrogens with zero attached hydrogens (tertiary/aromatic N) is 3. The number of hydrogen-bond acceptors (Lipinski definition) is 3. The van der Waals surface area contributed by atoms with Crippen molar-refractivity contribution in [3.63, 3.8) is 0 Å². The van der Waals surface area contributed by atoms with Gasteiger partial charge in [0, 0.05) is 24.8 Å². The summed E-state index contributed by atoms with van der Waals surface area (Å²) >= 11 is 0. The van der Waals surface area contributed by atoms with Crippen molar-refractivity contribution in [2.24, 2.45) is 0 Å². The predicted octanol–water partition coefficient (Wildman–Crippen LogP) is 2.06. The lowest BCUT2D eigenvalue weighted by Crippen LogP contribution is -2.40. The summed E-state index contributed by atoms with van der Waals surface area (Å²) in [5.74, 6) is 0. The molecule has 0 N–H and O–H groups in total. The van der Waals surface area contributed by atoms with E-state index < -0.39 is 11.1 Å². The average molecular weight is 307 g/mol. The lowest BCUT2D eigenvalue weighted by Gasteiger charge is -2.11. The molecule has 5 nitrogen and oxygen atoms in total. The van der Waals surface area contributed by atoms with Gasteiger partial charge in [0.25, 0.3) is 0 Å². The van der Waals surface area contributed by atoms with E-state index in [9.17, 15) is 9.59 Å². The molecule has 0 saturated carbocycles. The van der Waals surface area contributed by atoms with Crippen LogP contribution in [0.3, 0.4) is 0 Å². The summed E-state index contributed by atoms with van der Waals surface area (Å²) in [6.45, 7) is 4.27. The highest BCUT2D eigenvalue weighted by Crippen LogP contribution is 2.13. The number of aryl methyl sites for hydroxylation is 2.